The summed E-state index contributed by atoms with van der Waals surface area (Å²) in [7, 11) is 0. The quantitative estimate of drug-likeness (QED) is 0.802. The fourth-order valence-corrected chi connectivity index (χ4v) is 1.77. The fraction of sp³-hybridized carbons (Fsp3) is 0.533. The molecular formula is C15H24N2O2. The maximum absolute atomic E-state index is 11.6. The number of benzene rings is 1. The molecule has 1 aromatic carbocycles. The van der Waals surface area contributed by atoms with E-state index < -0.39 is 0 Å². The van der Waals surface area contributed by atoms with E-state index in [0.29, 0.717) is 5.92 Å². The second kappa shape index (κ2) is 7.02. The number of hydrogen-bond acceptors (Lipinski definition) is 2. The number of nitrogens with one attached hydrogen (secondary N) is 2. The molecule has 0 saturated carbocycles. The number of amides is 2. The van der Waals surface area contributed by atoms with Crippen molar-refractivity contribution in [2.45, 2.75) is 52.8 Å². The molecule has 1 aromatic rings. The lowest BCUT2D eigenvalue weighted by molar-refractivity contribution is 0.174. The zero-order valence-corrected chi connectivity index (χ0v) is 12.4. The van der Waals surface area contributed by atoms with E-state index in [9.17, 15) is 4.79 Å². The van der Waals surface area contributed by atoms with Crippen LogP contribution in [-0.2, 0) is 0 Å². The summed E-state index contributed by atoms with van der Waals surface area (Å²) in [4.78, 5) is 11.6. The van der Waals surface area contributed by atoms with E-state index in [1.54, 1.807) is 0 Å². The predicted octanol–water partition coefficient (Wildman–Crippen LogP) is 3.24. The molecule has 0 aliphatic carbocycles. The predicted molar refractivity (Wildman–Crippen MR) is 77.4 cm³/mol. The molecule has 0 aliphatic heterocycles. The summed E-state index contributed by atoms with van der Waals surface area (Å²) in [5.41, 5.74) is 1.14. The van der Waals surface area contributed by atoms with Gasteiger partial charge in [-0.25, -0.2) is 4.79 Å². The normalized spacial score (nSPS) is 12.4. The molecule has 4 heteroatoms. The van der Waals surface area contributed by atoms with Crippen LogP contribution in [0.4, 0.5) is 4.79 Å². The molecule has 1 atom stereocenters. The van der Waals surface area contributed by atoms with Crippen molar-refractivity contribution in [3.63, 3.8) is 0 Å². The highest BCUT2D eigenvalue weighted by molar-refractivity contribution is 5.74. The van der Waals surface area contributed by atoms with E-state index in [4.69, 9.17) is 4.74 Å². The molecule has 0 saturated heterocycles. The molecule has 0 fully saturated rings. The van der Waals surface area contributed by atoms with Crippen molar-refractivity contribution in [3.05, 3.63) is 29.8 Å². The Morgan fingerprint density at radius 2 is 1.68 bits per heavy atom. The summed E-state index contributed by atoms with van der Waals surface area (Å²) in [5, 5.41) is 5.52. The minimum atomic E-state index is -0.376. The molecule has 2 N–H and O–H groups in total. The lowest BCUT2D eigenvalue weighted by Gasteiger charge is -2.20. The van der Waals surface area contributed by atoms with Gasteiger partial charge >= 0.3 is 6.03 Å². The van der Waals surface area contributed by atoms with Gasteiger partial charge in [-0.05, 0) is 38.3 Å². The van der Waals surface area contributed by atoms with Gasteiger partial charge in [0.2, 0.25) is 0 Å². The van der Waals surface area contributed by atoms with Crippen LogP contribution in [0.3, 0.4) is 0 Å². The van der Waals surface area contributed by atoms with Gasteiger partial charge in [-0.2, -0.15) is 0 Å². The maximum atomic E-state index is 11.6. The SMILES string of the molecule is CC(C)NC(=O)NC(C)Oc1ccccc1C(C)C. The molecule has 0 radical (unpaired) electrons. The van der Waals surface area contributed by atoms with E-state index in [2.05, 4.69) is 24.5 Å². The Morgan fingerprint density at radius 3 is 2.26 bits per heavy atom. The van der Waals surface area contributed by atoms with Crippen molar-refractivity contribution >= 4 is 6.03 Å². The third-order valence-electron chi connectivity index (χ3n) is 2.60. The number of urea groups is 1. The number of rotatable bonds is 5. The Labute approximate surface area is 115 Å². The minimum absolute atomic E-state index is 0.107. The third-order valence-corrected chi connectivity index (χ3v) is 2.60. The Balaban J connectivity index is 2.62. The van der Waals surface area contributed by atoms with Gasteiger partial charge in [0.15, 0.2) is 6.23 Å². The average molecular weight is 264 g/mol. The lowest BCUT2D eigenvalue weighted by atomic mass is 10.0. The Morgan fingerprint density at radius 1 is 1.05 bits per heavy atom. The molecule has 0 aliphatic rings. The van der Waals surface area contributed by atoms with E-state index in [1.165, 1.54) is 0 Å². The molecule has 0 heterocycles. The summed E-state index contributed by atoms with van der Waals surface area (Å²) in [5.74, 6) is 1.20. The molecule has 2 amide bonds. The van der Waals surface area contributed by atoms with Crippen LogP contribution in [0, 0.1) is 0 Å². The molecule has 0 aromatic heterocycles. The summed E-state index contributed by atoms with van der Waals surface area (Å²) >= 11 is 0. The zero-order valence-electron chi connectivity index (χ0n) is 12.4. The molecule has 1 rings (SSSR count). The van der Waals surface area contributed by atoms with Crippen molar-refractivity contribution in [1.82, 2.24) is 10.6 Å². The standard InChI is InChI=1S/C15H24N2O2/c1-10(2)13-8-6-7-9-14(13)19-12(5)17-15(18)16-11(3)4/h6-12H,1-5H3,(H2,16,17,18). The first kappa shape index (κ1) is 15.3. The monoisotopic (exact) mass is 264 g/mol. The second-order valence-corrected chi connectivity index (χ2v) is 5.23. The topological polar surface area (TPSA) is 50.4 Å². The van der Waals surface area contributed by atoms with Crippen LogP contribution in [0.5, 0.6) is 5.75 Å². The summed E-state index contributed by atoms with van der Waals surface area (Å²) in [6.45, 7) is 9.88. The molecule has 0 bridgehead atoms. The highest BCUT2D eigenvalue weighted by Gasteiger charge is 2.12. The number of carbonyl (C=O) groups is 1. The molecule has 106 valence electrons. The number of ether oxygens (including phenoxy) is 1. The van der Waals surface area contributed by atoms with Crippen molar-refractivity contribution in [1.29, 1.82) is 0 Å². The Hall–Kier alpha value is -1.71. The minimum Gasteiger partial charge on any atom is -0.471 e. The molecule has 1 unspecified atom stereocenters. The van der Waals surface area contributed by atoms with E-state index in [0.717, 1.165) is 11.3 Å². The van der Waals surface area contributed by atoms with E-state index in [1.807, 2.05) is 45.0 Å². The van der Waals surface area contributed by atoms with Crippen LogP contribution in [0.1, 0.15) is 46.1 Å². The Kier molecular flexibility index (Phi) is 5.67. The molecular weight excluding hydrogens is 240 g/mol. The van der Waals surface area contributed by atoms with Gasteiger partial charge < -0.3 is 15.4 Å². The van der Waals surface area contributed by atoms with Crippen LogP contribution < -0.4 is 15.4 Å². The number of hydrogen-bond donors (Lipinski definition) is 2. The van der Waals surface area contributed by atoms with Gasteiger partial charge in [0.1, 0.15) is 5.75 Å². The highest BCUT2D eigenvalue weighted by atomic mass is 16.5. The molecule has 0 spiro atoms. The van der Waals surface area contributed by atoms with Gasteiger partial charge in [-0.3, -0.25) is 0 Å². The molecule has 19 heavy (non-hydrogen) atoms. The first-order valence-corrected chi connectivity index (χ1v) is 6.72. The summed E-state index contributed by atoms with van der Waals surface area (Å²) in [6, 6.07) is 7.78. The van der Waals surface area contributed by atoms with E-state index in [-0.39, 0.29) is 18.3 Å². The Bertz CT molecular complexity index is 416. The van der Waals surface area contributed by atoms with Gasteiger partial charge in [0, 0.05) is 6.04 Å². The highest BCUT2D eigenvalue weighted by Crippen LogP contribution is 2.26. The van der Waals surface area contributed by atoms with Crippen LogP contribution >= 0.6 is 0 Å². The number of para-hydroxylation sites is 1. The van der Waals surface area contributed by atoms with E-state index >= 15 is 0 Å². The van der Waals surface area contributed by atoms with Crippen LogP contribution in [0.25, 0.3) is 0 Å². The largest absolute Gasteiger partial charge is 0.471 e. The maximum Gasteiger partial charge on any atom is 0.317 e. The smallest absolute Gasteiger partial charge is 0.317 e. The summed E-state index contributed by atoms with van der Waals surface area (Å²) < 4.78 is 5.79. The van der Waals surface area contributed by atoms with Crippen molar-refractivity contribution in [2.24, 2.45) is 0 Å². The van der Waals surface area contributed by atoms with Crippen LogP contribution in [0.15, 0.2) is 24.3 Å². The van der Waals surface area contributed by atoms with Crippen molar-refractivity contribution in [2.75, 3.05) is 0 Å². The van der Waals surface area contributed by atoms with Gasteiger partial charge in [-0.1, -0.05) is 32.0 Å². The van der Waals surface area contributed by atoms with Crippen molar-refractivity contribution < 1.29 is 9.53 Å². The van der Waals surface area contributed by atoms with Crippen molar-refractivity contribution in [3.8, 4) is 5.75 Å². The van der Waals surface area contributed by atoms with Gasteiger partial charge in [0.05, 0.1) is 0 Å². The molecule has 4 nitrogen and oxygen atoms in total. The van der Waals surface area contributed by atoms with Gasteiger partial charge in [0.25, 0.3) is 0 Å². The zero-order chi connectivity index (χ0) is 14.4. The van der Waals surface area contributed by atoms with Crippen LogP contribution in [-0.4, -0.2) is 18.3 Å². The lowest BCUT2D eigenvalue weighted by Crippen LogP contribution is -2.45. The second-order valence-electron chi connectivity index (χ2n) is 5.23. The van der Waals surface area contributed by atoms with Crippen LogP contribution in [0.2, 0.25) is 0 Å². The first-order chi connectivity index (χ1) is 8.90. The third kappa shape index (κ3) is 5.20. The average Bonchev–Trinajstić information content (AvgIpc) is 2.27. The summed E-state index contributed by atoms with van der Waals surface area (Å²) in [6.07, 6.45) is -0.376. The van der Waals surface area contributed by atoms with Gasteiger partial charge in [-0.15, -0.1) is 0 Å². The fourth-order valence-electron chi connectivity index (χ4n) is 1.77. The first-order valence-electron chi connectivity index (χ1n) is 6.72. The number of carbonyl (C=O) groups excluding carboxylic acids is 1.